The molecule has 1 heterocycles. The number of unbranched alkanes of at least 4 members (excludes halogenated alkanes) is 3. The molecule has 2 rings (SSSR count). The molecule has 1 N–H and O–H groups in total. The van der Waals surface area contributed by atoms with Crippen molar-refractivity contribution in [1.82, 2.24) is 9.97 Å². The first-order valence-electron chi connectivity index (χ1n) is 9.36. The van der Waals surface area contributed by atoms with E-state index in [1.807, 2.05) is 12.4 Å². The summed E-state index contributed by atoms with van der Waals surface area (Å²) >= 11 is 0. The lowest BCUT2D eigenvalue weighted by atomic mass is 9.82. The van der Waals surface area contributed by atoms with E-state index in [0.717, 1.165) is 18.3 Å². The Morgan fingerprint density at radius 2 is 2.00 bits per heavy atom. The summed E-state index contributed by atoms with van der Waals surface area (Å²) in [6.45, 7) is 2.30. The zero-order valence-corrected chi connectivity index (χ0v) is 13.9. The van der Waals surface area contributed by atoms with Gasteiger partial charge >= 0.3 is 0 Å². The first-order valence-corrected chi connectivity index (χ1v) is 9.36. The van der Waals surface area contributed by atoms with Crippen molar-refractivity contribution in [2.75, 3.05) is 0 Å². The molecule has 0 bridgehead atoms. The molecule has 2 heteroatoms. The molecule has 1 unspecified atom stereocenters. The molecule has 1 aliphatic carbocycles. The molecule has 0 spiro atoms. The summed E-state index contributed by atoms with van der Waals surface area (Å²) in [7, 11) is 0. The zero-order valence-electron chi connectivity index (χ0n) is 13.9. The van der Waals surface area contributed by atoms with Gasteiger partial charge in [0.25, 0.3) is 0 Å². The van der Waals surface area contributed by atoms with Crippen molar-refractivity contribution in [3.63, 3.8) is 0 Å². The SMILES string of the molecule is CCCCCCC(CCC1CCCCC1)Cc1ncc[nH]1. The first-order chi connectivity index (χ1) is 10.4. The number of hydrogen-bond acceptors (Lipinski definition) is 1. The number of H-pyrrole nitrogens is 1. The van der Waals surface area contributed by atoms with Gasteiger partial charge in [0.15, 0.2) is 0 Å². The molecule has 0 aromatic carbocycles. The molecule has 0 radical (unpaired) electrons. The number of nitrogens with zero attached hydrogens (tertiary/aromatic N) is 1. The van der Waals surface area contributed by atoms with Gasteiger partial charge < -0.3 is 4.98 Å². The highest BCUT2D eigenvalue weighted by Crippen LogP contribution is 2.30. The molecule has 1 fully saturated rings. The number of hydrogen-bond donors (Lipinski definition) is 1. The largest absolute Gasteiger partial charge is 0.349 e. The molecular weight excluding hydrogens is 256 g/mol. The second-order valence-electron chi connectivity index (χ2n) is 7.04. The highest BCUT2D eigenvalue weighted by molar-refractivity contribution is 4.89. The van der Waals surface area contributed by atoms with Gasteiger partial charge in [-0.2, -0.15) is 0 Å². The van der Waals surface area contributed by atoms with Crippen LogP contribution in [0.3, 0.4) is 0 Å². The quantitative estimate of drug-likeness (QED) is 0.534. The average molecular weight is 290 g/mol. The Hall–Kier alpha value is -0.790. The van der Waals surface area contributed by atoms with Crippen molar-refractivity contribution in [2.24, 2.45) is 11.8 Å². The predicted molar refractivity (Wildman–Crippen MR) is 90.3 cm³/mol. The van der Waals surface area contributed by atoms with E-state index in [-0.39, 0.29) is 0 Å². The molecule has 21 heavy (non-hydrogen) atoms. The van der Waals surface area contributed by atoms with Crippen molar-refractivity contribution < 1.29 is 0 Å². The van der Waals surface area contributed by atoms with Crippen LogP contribution in [0.15, 0.2) is 12.4 Å². The third-order valence-electron chi connectivity index (χ3n) is 5.21. The summed E-state index contributed by atoms with van der Waals surface area (Å²) in [5.41, 5.74) is 0. The molecule has 1 aromatic rings. The van der Waals surface area contributed by atoms with Gasteiger partial charge in [0.05, 0.1) is 0 Å². The molecular formula is C19H34N2. The molecule has 0 amide bonds. The summed E-state index contributed by atoms with van der Waals surface area (Å²) < 4.78 is 0. The van der Waals surface area contributed by atoms with Crippen LogP contribution in [0.4, 0.5) is 0 Å². The Morgan fingerprint density at radius 1 is 1.14 bits per heavy atom. The maximum atomic E-state index is 4.44. The van der Waals surface area contributed by atoms with Crippen molar-refractivity contribution in [3.8, 4) is 0 Å². The standard InChI is InChI=1S/C19H34N2/c1-2-3-4-6-11-18(16-19-20-14-15-21-19)13-12-17-9-7-5-8-10-17/h14-15,17-18H,2-13,16H2,1H3,(H,20,21). The topological polar surface area (TPSA) is 28.7 Å². The fraction of sp³-hybridized carbons (Fsp3) is 0.842. The number of aromatic nitrogens is 2. The van der Waals surface area contributed by atoms with Crippen LogP contribution in [0, 0.1) is 11.8 Å². The van der Waals surface area contributed by atoms with Gasteiger partial charge in [0.2, 0.25) is 0 Å². The lowest BCUT2D eigenvalue weighted by molar-refractivity contribution is 0.296. The summed E-state index contributed by atoms with van der Waals surface area (Å²) in [5.74, 6) is 3.06. The number of imidazole rings is 1. The van der Waals surface area contributed by atoms with Gasteiger partial charge in [-0.25, -0.2) is 4.98 Å². The van der Waals surface area contributed by atoms with E-state index < -0.39 is 0 Å². The minimum atomic E-state index is 0.843. The molecule has 1 aliphatic rings. The normalized spacial score (nSPS) is 18.0. The Morgan fingerprint density at radius 3 is 2.71 bits per heavy atom. The number of nitrogens with one attached hydrogen (secondary N) is 1. The minimum absolute atomic E-state index is 0.843. The zero-order chi connectivity index (χ0) is 14.8. The molecule has 1 aromatic heterocycles. The highest BCUT2D eigenvalue weighted by Gasteiger charge is 2.17. The molecule has 1 atom stereocenters. The van der Waals surface area contributed by atoms with Crippen LogP contribution in [-0.2, 0) is 6.42 Å². The van der Waals surface area contributed by atoms with E-state index in [1.54, 1.807) is 0 Å². The monoisotopic (exact) mass is 290 g/mol. The Labute approximate surface area is 131 Å². The van der Waals surface area contributed by atoms with Gasteiger partial charge in [-0.15, -0.1) is 0 Å². The molecule has 2 nitrogen and oxygen atoms in total. The lowest BCUT2D eigenvalue weighted by Crippen LogP contribution is -2.12. The van der Waals surface area contributed by atoms with Crippen LogP contribution in [0.2, 0.25) is 0 Å². The van der Waals surface area contributed by atoms with Crippen LogP contribution in [0.25, 0.3) is 0 Å². The second kappa shape index (κ2) is 10.0. The predicted octanol–water partition coefficient (Wildman–Crippen LogP) is 5.90. The molecule has 1 saturated carbocycles. The molecule has 0 aliphatic heterocycles. The van der Waals surface area contributed by atoms with Crippen LogP contribution in [-0.4, -0.2) is 9.97 Å². The summed E-state index contributed by atoms with van der Waals surface area (Å²) in [6.07, 6.45) is 22.2. The Bertz CT molecular complexity index is 338. The minimum Gasteiger partial charge on any atom is -0.349 e. The highest BCUT2D eigenvalue weighted by atomic mass is 14.9. The lowest BCUT2D eigenvalue weighted by Gasteiger charge is -2.24. The average Bonchev–Trinajstić information content (AvgIpc) is 3.03. The first kappa shape index (κ1) is 16.6. The van der Waals surface area contributed by atoms with E-state index in [4.69, 9.17) is 0 Å². The van der Waals surface area contributed by atoms with Crippen molar-refractivity contribution >= 4 is 0 Å². The van der Waals surface area contributed by atoms with E-state index >= 15 is 0 Å². The van der Waals surface area contributed by atoms with Crippen LogP contribution in [0.1, 0.15) is 89.8 Å². The van der Waals surface area contributed by atoms with Crippen molar-refractivity contribution in [2.45, 2.75) is 90.4 Å². The van der Waals surface area contributed by atoms with Gasteiger partial charge in [0.1, 0.15) is 5.82 Å². The van der Waals surface area contributed by atoms with Gasteiger partial charge in [0, 0.05) is 18.8 Å². The van der Waals surface area contributed by atoms with E-state index in [0.29, 0.717) is 0 Å². The van der Waals surface area contributed by atoms with Crippen LogP contribution >= 0.6 is 0 Å². The van der Waals surface area contributed by atoms with Gasteiger partial charge in [-0.3, -0.25) is 0 Å². The number of aromatic amines is 1. The van der Waals surface area contributed by atoms with Crippen LogP contribution in [0.5, 0.6) is 0 Å². The fourth-order valence-electron chi connectivity index (χ4n) is 3.84. The van der Waals surface area contributed by atoms with Crippen molar-refractivity contribution in [3.05, 3.63) is 18.2 Å². The van der Waals surface area contributed by atoms with Crippen LogP contribution < -0.4 is 0 Å². The third-order valence-corrected chi connectivity index (χ3v) is 5.21. The number of rotatable bonds is 10. The smallest absolute Gasteiger partial charge is 0.106 e. The third kappa shape index (κ3) is 6.67. The van der Waals surface area contributed by atoms with Gasteiger partial charge in [-0.05, 0) is 18.3 Å². The van der Waals surface area contributed by atoms with E-state index in [1.165, 1.54) is 82.9 Å². The van der Waals surface area contributed by atoms with E-state index in [9.17, 15) is 0 Å². The second-order valence-corrected chi connectivity index (χ2v) is 7.04. The Kier molecular flexibility index (Phi) is 7.91. The maximum absolute atomic E-state index is 4.44. The molecule has 120 valence electrons. The summed E-state index contributed by atoms with van der Waals surface area (Å²) in [5, 5.41) is 0. The maximum Gasteiger partial charge on any atom is 0.106 e. The van der Waals surface area contributed by atoms with Crippen molar-refractivity contribution in [1.29, 1.82) is 0 Å². The van der Waals surface area contributed by atoms with E-state index in [2.05, 4.69) is 16.9 Å². The van der Waals surface area contributed by atoms with Gasteiger partial charge in [-0.1, -0.05) is 77.6 Å². The fourth-order valence-corrected chi connectivity index (χ4v) is 3.84. The Balaban J connectivity index is 1.73. The summed E-state index contributed by atoms with van der Waals surface area (Å²) in [4.78, 5) is 7.74. The molecule has 0 saturated heterocycles. The summed E-state index contributed by atoms with van der Waals surface area (Å²) in [6, 6.07) is 0.